The molecule has 2 heterocycles. The lowest BCUT2D eigenvalue weighted by Crippen LogP contribution is -2.39. The number of carbonyl (C=O) groups excluding carboxylic acids is 1. The zero-order valence-electron chi connectivity index (χ0n) is 11.9. The summed E-state index contributed by atoms with van der Waals surface area (Å²) in [6, 6.07) is 3.88. The number of rotatable bonds is 2. The predicted molar refractivity (Wildman–Crippen MR) is 77.0 cm³/mol. The summed E-state index contributed by atoms with van der Waals surface area (Å²) in [7, 11) is 0. The van der Waals surface area contributed by atoms with Crippen molar-refractivity contribution in [3.05, 3.63) is 23.4 Å². The molecule has 0 aromatic carbocycles. The highest BCUT2D eigenvalue weighted by atomic mass is 16.2. The molecule has 1 aromatic heterocycles. The minimum absolute atomic E-state index is 0.103. The van der Waals surface area contributed by atoms with E-state index in [0.717, 1.165) is 31.5 Å². The lowest BCUT2D eigenvalue weighted by molar-refractivity contribution is 0.0678. The molecule has 0 saturated carbocycles. The van der Waals surface area contributed by atoms with Gasteiger partial charge in [0, 0.05) is 23.8 Å². The normalized spacial score (nSPS) is 20.1. The van der Waals surface area contributed by atoms with Crippen LogP contribution < -0.4 is 5.73 Å². The maximum atomic E-state index is 12.7. The third-order valence-corrected chi connectivity index (χ3v) is 3.83. The first kappa shape index (κ1) is 13.8. The number of nitrogens with two attached hydrogens (primary N) is 1. The van der Waals surface area contributed by atoms with Gasteiger partial charge in [0.1, 0.15) is 5.82 Å². The van der Waals surface area contributed by atoms with Gasteiger partial charge in [-0.05, 0) is 38.3 Å². The van der Waals surface area contributed by atoms with E-state index in [1.807, 2.05) is 17.9 Å². The molecule has 1 aliphatic heterocycles. The number of nitrogen functional groups attached to an aromatic ring is 1. The molecule has 104 valence electrons. The molecule has 1 aromatic rings. The van der Waals surface area contributed by atoms with Crippen LogP contribution in [0.5, 0.6) is 0 Å². The second-order valence-corrected chi connectivity index (χ2v) is 5.33. The zero-order chi connectivity index (χ0) is 13.8. The van der Waals surface area contributed by atoms with Crippen LogP contribution in [0.4, 0.5) is 5.82 Å². The number of anilines is 1. The van der Waals surface area contributed by atoms with Crippen molar-refractivity contribution in [2.24, 2.45) is 0 Å². The van der Waals surface area contributed by atoms with Crippen molar-refractivity contribution in [2.45, 2.75) is 52.0 Å². The van der Waals surface area contributed by atoms with Crippen molar-refractivity contribution in [2.75, 3.05) is 12.3 Å². The topological polar surface area (TPSA) is 59.2 Å². The number of aryl methyl sites for hydroxylation is 1. The smallest absolute Gasteiger partial charge is 0.254 e. The van der Waals surface area contributed by atoms with E-state index in [2.05, 4.69) is 11.9 Å². The Hall–Kier alpha value is -1.58. The minimum Gasteiger partial charge on any atom is -0.384 e. The Balaban J connectivity index is 2.25. The summed E-state index contributed by atoms with van der Waals surface area (Å²) >= 11 is 0. The fourth-order valence-electron chi connectivity index (χ4n) is 2.85. The Morgan fingerprint density at radius 3 is 2.89 bits per heavy atom. The Labute approximate surface area is 115 Å². The molecule has 1 fully saturated rings. The molecule has 1 amide bonds. The van der Waals surface area contributed by atoms with Crippen molar-refractivity contribution in [3.8, 4) is 0 Å². The number of aromatic nitrogens is 1. The molecule has 0 spiro atoms. The first-order chi connectivity index (χ1) is 9.11. The first-order valence-electron chi connectivity index (χ1n) is 7.17. The Morgan fingerprint density at radius 2 is 2.21 bits per heavy atom. The fourth-order valence-corrected chi connectivity index (χ4v) is 2.85. The van der Waals surface area contributed by atoms with E-state index in [1.165, 1.54) is 12.8 Å². The van der Waals surface area contributed by atoms with Crippen molar-refractivity contribution in [1.29, 1.82) is 0 Å². The standard InChI is InChI=1S/C15H23N3O/c1-3-13-7-5-4-6-8-18(13)15(19)12-9-11(2)17-14(16)10-12/h9-10,13H,3-8H2,1-2H3,(H2,16,17). The van der Waals surface area contributed by atoms with E-state index in [-0.39, 0.29) is 5.91 Å². The van der Waals surface area contributed by atoms with Crippen molar-refractivity contribution in [3.63, 3.8) is 0 Å². The SMILES string of the molecule is CCC1CCCCCN1C(=O)c1cc(C)nc(N)c1. The van der Waals surface area contributed by atoms with E-state index < -0.39 is 0 Å². The highest BCUT2D eigenvalue weighted by molar-refractivity contribution is 5.95. The van der Waals surface area contributed by atoms with Crippen LogP contribution in [0.25, 0.3) is 0 Å². The summed E-state index contributed by atoms with van der Waals surface area (Å²) in [6.07, 6.45) is 5.67. The summed E-state index contributed by atoms with van der Waals surface area (Å²) in [6.45, 7) is 4.88. The summed E-state index contributed by atoms with van der Waals surface area (Å²) in [5.41, 5.74) is 7.21. The van der Waals surface area contributed by atoms with Gasteiger partial charge in [0.2, 0.25) is 0 Å². The van der Waals surface area contributed by atoms with Crippen LogP contribution in [-0.2, 0) is 0 Å². The number of likely N-dealkylation sites (tertiary alicyclic amines) is 1. The molecule has 1 atom stereocenters. The van der Waals surface area contributed by atoms with Crippen molar-refractivity contribution < 1.29 is 4.79 Å². The second-order valence-electron chi connectivity index (χ2n) is 5.33. The minimum atomic E-state index is 0.103. The Bertz CT molecular complexity index is 438. The van der Waals surface area contributed by atoms with E-state index in [1.54, 1.807) is 6.07 Å². The molecule has 0 bridgehead atoms. The second kappa shape index (κ2) is 6.04. The third-order valence-electron chi connectivity index (χ3n) is 3.83. The summed E-state index contributed by atoms with van der Waals surface area (Å²) < 4.78 is 0. The average Bonchev–Trinajstić information content (AvgIpc) is 2.61. The molecule has 2 N–H and O–H groups in total. The monoisotopic (exact) mass is 261 g/mol. The van der Waals surface area contributed by atoms with Crippen molar-refractivity contribution in [1.82, 2.24) is 9.88 Å². The lowest BCUT2D eigenvalue weighted by Gasteiger charge is -2.29. The van der Waals surface area contributed by atoms with E-state index in [0.29, 0.717) is 17.4 Å². The van der Waals surface area contributed by atoms with Crippen LogP contribution in [0.2, 0.25) is 0 Å². The molecule has 4 nitrogen and oxygen atoms in total. The van der Waals surface area contributed by atoms with Crippen LogP contribution in [0.1, 0.15) is 55.1 Å². The molecule has 19 heavy (non-hydrogen) atoms. The molecular weight excluding hydrogens is 238 g/mol. The quantitative estimate of drug-likeness (QED) is 0.890. The Kier molecular flexibility index (Phi) is 4.40. The van der Waals surface area contributed by atoms with Crippen LogP contribution in [0.15, 0.2) is 12.1 Å². The summed E-state index contributed by atoms with van der Waals surface area (Å²) in [5, 5.41) is 0. The first-order valence-corrected chi connectivity index (χ1v) is 7.17. The highest BCUT2D eigenvalue weighted by Gasteiger charge is 2.25. The highest BCUT2D eigenvalue weighted by Crippen LogP contribution is 2.22. The number of pyridine rings is 1. The van der Waals surface area contributed by atoms with Gasteiger partial charge in [-0.1, -0.05) is 19.8 Å². The van der Waals surface area contributed by atoms with Gasteiger partial charge in [-0.2, -0.15) is 0 Å². The van der Waals surface area contributed by atoms with Gasteiger partial charge in [-0.15, -0.1) is 0 Å². The maximum Gasteiger partial charge on any atom is 0.254 e. The third kappa shape index (κ3) is 3.25. The number of amides is 1. The van der Waals surface area contributed by atoms with Gasteiger partial charge in [-0.25, -0.2) is 4.98 Å². The molecular formula is C15H23N3O. The Morgan fingerprint density at radius 1 is 1.42 bits per heavy atom. The van der Waals surface area contributed by atoms with Gasteiger partial charge >= 0.3 is 0 Å². The van der Waals surface area contributed by atoms with Crippen LogP contribution in [0.3, 0.4) is 0 Å². The van der Waals surface area contributed by atoms with E-state index >= 15 is 0 Å². The molecule has 1 unspecified atom stereocenters. The molecule has 1 saturated heterocycles. The van der Waals surface area contributed by atoms with Gasteiger partial charge in [-0.3, -0.25) is 4.79 Å². The number of hydrogen-bond acceptors (Lipinski definition) is 3. The zero-order valence-corrected chi connectivity index (χ0v) is 11.9. The number of carbonyl (C=O) groups is 1. The molecule has 0 radical (unpaired) electrons. The number of nitrogens with zero attached hydrogens (tertiary/aromatic N) is 2. The average molecular weight is 261 g/mol. The predicted octanol–water partition coefficient (Wildman–Crippen LogP) is 2.77. The van der Waals surface area contributed by atoms with Gasteiger partial charge < -0.3 is 10.6 Å². The van der Waals surface area contributed by atoms with Gasteiger partial charge in [0.25, 0.3) is 5.91 Å². The van der Waals surface area contributed by atoms with E-state index in [4.69, 9.17) is 5.73 Å². The van der Waals surface area contributed by atoms with Gasteiger partial charge in [0.15, 0.2) is 0 Å². The lowest BCUT2D eigenvalue weighted by atomic mass is 10.1. The molecule has 1 aliphatic rings. The number of hydrogen-bond donors (Lipinski definition) is 1. The van der Waals surface area contributed by atoms with E-state index in [9.17, 15) is 4.79 Å². The van der Waals surface area contributed by atoms with Crippen LogP contribution >= 0.6 is 0 Å². The largest absolute Gasteiger partial charge is 0.384 e. The molecule has 2 rings (SSSR count). The van der Waals surface area contributed by atoms with Crippen molar-refractivity contribution >= 4 is 11.7 Å². The maximum absolute atomic E-state index is 12.7. The molecule has 0 aliphatic carbocycles. The van der Waals surface area contributed by atoms with Crippen LogP contribution in [0, 0.1) is 6.92 Å². The fraction of sp³-hybridized carbons (Fsp3) is 0.600. The summed E-state index contributed by atoms with van der Waals surface area (Å²) in [4.78, 5) is 18.8. The summed E-state index contributed by atoms with van der Waals surface area (Å²) in [5.74, 6) is 0.525. The molecule has 4 heteroatoms. The van der Waals surface area contributed by atoms with Gasteiger partial charge in [0.05, 0.1) is 0 Å². The van der Waals surface area contributed by atoms with Crippen LogP contribution in [-0.4, -0.2) is 28.4 Å².